The highest BCUT2D eigenvalue weighted by molar-refractivity contribution is 6.32. The van der Waals surface area contributed by atoms with Gasteiger partial charge in [-0.2, -0.15) is 0 Å². The van der Waals surface area contributed by atoms with Crippen LogP contribution in [0.4, 0.5) is 17.3 Å². The third kappa shape index (κ3) is 4.50. The van der Waals surface area contributed by atoms with Crippen LogP contribution in [0.3, 0.4) is 0 Å². The number of carbonyl (C=O) groups excluding carboxylic acids is 1. The number of amides is 1. The highest BCUT2D eigenvalue weighted by Crippen LogP contribution is 2.37. The molecule has 0 radical (unpaired) electrons. The number of benzene rings is 2. The van der Waals surface area contributed by atoms with Crippen LogP contribution in [0.1, 0.15) is 15.9 Å². The summed E-state index contributed by atoms with van der Waals surface area (Å²) in [5.74, 6) is 1.59. The van der Waals surface area contributed by atoms with Gasteiger partial charge in [-0.15, -0.1) is 10.2 Å². The molecule has 2 N–H and O–H groups in total. The normalized spacial score (nSPS) is 10.3. The van der Waals surface area contributed by atoms with Gasteiger partial charge < -0.3 is 20.1 Å². The molecule has 28 heavy (non-hydrogen) atoms. The van der Waals surface area contributed by atoms with E-state index in [9.17, 15) is 4.79 Å². The lowest BCUT2D eigenvalue weighted by Crippen LogP contribution is -2.13. The number of nitrogens with one attached hydrogen (secondary N) is 2. The van der Waals surface area contributed by atoms with Crippen molar-refractivity contribution in [1.82, 2.24) is 10.2 Å². The molecule has 1 aromatic heterocycles. The molecule has 0 unspecified atom stereocenters. The molecule has 1 heterocycles. The first-order valence-electron chi connectivity index (χ1n) is 8.40. The van der Waals surface area contributed by atoms with Crippen molar-refractivity contribution in [3.8, 4) is 11.5 Å². The van der Waals surface area contributed by atoms with Gasteiger partial charge in [0.05, 0.1) is 24.9 Å². The summed E-state index contributed by atoms with van der Waals surface area (Å²) in [5, 5.41) is 14.4. The van der Waals surface area contributed by atoms with Gasteiger partial charge in [0.2, 0.25) is 0 Å². The number of anilines is 3. The summed E-state index contributed by atoms with van der Waals surface area (Å²) in [5.41, 5.74) is 2.25. The molecule has 7 nitrogen and oxygen atoms in total. The maximum atomic E-state index is 12.2. The molecule has 0 spiro atoms. The van der Waals surface area contributed by atoms with Gasteiger partial charge >= 0.3 is 0 Å². The van der Waals surface area contributed by atoms with E-state index in [0.717, 1.165) is 5.56 Å². The molecule has 0 bridgehead atoms. The second-order valence-electron chi connectivity index (χ2n) is 5.94. The Morgan fingerprint density at radius 3 is 2.18 bits per heavy atom. The fourth-order valence-electron chi connectivity index (χ4n) is 2.46. The molecule has 2 aromatic carbocycles. The Morgan fingerprint density at radius 1 is 0.929 bits per heavy atom. The molecule has 0 saturated heterocycles. The van der Waals surface area contributed by atoms with Gasteiger partial charge in [-0.3, -0.25) is 4.79 Å². The molecule has 0 saturated carbocycles. The highest BCUT2D eigenvalue weighted by atomic mass is 35.5. The summed E-state index contributed by atoms with van der Waals surface area (Å²) in [6.07, 6.45) is 0. The molecule has 1 amide bonds. The minimum Gasteiger partial charge on any atom is -0.495 e. The molecule has 3 aromatic rings. The number of rotatable bonds is 6. The Kier molecular flexibility index (Phi) is 5.96. The molecule has 0 aliphatic rings. The van der Waals surface area contributed by atoms with Crippen molar-refractivity contribution >= 4 is 34.8 Å². The monoisotopic (exact) mass is 398 g/mol. The van der Waals surface area contributed by atoms with E-state index in [1.165, 1.54) is 7.11 Å². The summed E-state index contributed by atoms with van der Waals surface area (Å²) < 4.78 is 10.5. The zero-order valence-corrected chi connectivity index (χ0v) is 16.4. The third-order valence-corrected chi connectivity index (χ3v) is 4.25. The number of carbonyl (C=O) groups is 1. The van der Waals surface area contributed by atoms with Crippen LogP contribution < -0.4 is 20.1 Å². The van der Waals surface area contributed by atoms with Crippen molar-refractivity contribution in [3.05, 3.63) is 64.7 Å². The standard InChI is InChI=1S/C20H19ClN4O3/c1-12-4-6-13(7-5-12)20(26)23-19-9-8-18(24-25-19)22-15-11-16(27-2)14(21)10-17(15)28-3/h4-11H,1-3H3,(H,22,24)(H,23,25,26). The summed E-state index contributed by atoms with van der Waals surface area (Å²) in [7, 11) is 3.07. The average molecular weight is 399 g/mol. The van der Waals surface area contributed by atoms with Crippen LogP contribution >= 0.6 is 11.6 Å². The summed E-state index contributed by atoms with van der Waals surface area (Å²) in [4.78, 5) is 12.2. The Balaban J connectivity index is 1.73. The first-order chi connectivity index (χ1) is 13.5. The van der Waals surface area contributed by atoms with Crippen molar-refractivity contribution in [1.29, 1.82) is 0 Å². The Labute approximate surface area is 167 Å². The van der Waals surface area contributed by atoms with Gasteiger partial charge in [0.25, 0.3) is 5.91 Å². The van der Waals surface area contributed by atoms with E-state index in [0.29, 0.717) is 39.4 Å². The van der Waals surface area contributed by atoms with E-state index in [2.05, 4.69) is 20.8 Å². The van der Waals surface area contributed by atoms with Crippen molar-refractivity contribution in [2.75, 3.05) is 24.9 Å². The van der Waals surface area contributed by atoms with Crippen molar-refractivity contribution in [2.24, 2.45) is 0 Å². The van der Waals surface area contributed by atoms with Crippen LogP contribution in [-0.2, 0) is 0 Å². The first-order valence-corrected chi connectivity index (χ1v) is 8.78. The SMILES string of the molecule is COc1cc(Nc2ccc(NC(=O)c3ccc(C)cc3)nn2)c(OC)cc1Cl. The van der Waals surface area contributed by atoms with E-state index in [1.807, 2.05) is 19.1 Å². The van der Waals surface area contributed by atoms with Crippen molar-refractivity contribution < 1.29 is 14.3 Å². The molecule has 3 rings (SSSR count). The maximum Gasteiger partial charge on any atom is 0.256 e. The number of hydrogen-bond donors (Lipinski definition) is 2. The number of hydrogen-bond acceptors (Lipinski definition) is 6. The summed E-state index contributed by atoms with van der Waals surface area (Å²) in [6.45, 7) is 1.96. The topological polar surface area (TPSA) is 85.4 Å². The second-order valence-corrected chi connectivity index (χ2v) is 6.34. The van der Waals surface area contributed by atoms with Gasteiger partial charge in [-0.25, -0.2) is 0 Å². The molecular weight excluding hydrogens is 380 g/mol. The predicted octanol–water partition coefficient (Wildman–Crippen LogP) is 4.45. The van der Waals surface area contributed by atoms with Crippen LogP contribution in [0.25, 0.3) is 0 Å². The number of aromatic nitrogens is 2. The Bertz CT molecular complexity index is 976. The van der Waals surface area contributed by atoms with E-state index < -0.39 is 0 Å². The summed E-state index contributed by atoms with van der Waals surface area (Å²) >= 11 is 6.11. The fourth-order valence-corrected chi connectivity index (χ4v) is 2.69. The summed E-state index contributed by atoms with van der Waals surface area (Å²) in [6, 6.07) is 14.0. The second kappa shape index (κ2) is 8.58. The third-order valence-electron chi connectivity index (χ3n) is 3.96. The first kappa shape index (κ1) is 19.4. The van der Waals surface area contributed by atoms with Crippen molar-refractivity contribution in [2.45, 2.75) is 6.92 Å². The molecule has 0 aliphatic carbocycles. The minimum atomic E-state index is -0.251. The van der Waals surface area contributed by atoms with Crippen LogP contribution in [0.15, 0.2) is 48.5 Å². The van der Waals surface area contributed by atoms with E-state index in [4.69, 9.17) is 21.1 Å². The lowest BCUT2D eigenvalue weighted by Gasteiger charge is -2.13. The highest BCUT2D eigenvalue weighted by Gasteiger charge is 2.12. The Hall–Kier alpha value is -3.32. The van der Waals surface area contributed by atoms with Gasteiger partial charge in [0.1, 0.15) is 11.5 Å². The predicted molar refractivity (Wildman–Crippen MR) is 109 cm³/mol. The molecule has 0 atom stereocenters. The van der Waals surface area contributed by atoms with Gasteiger partial charge in [-0.05, 0) is 31.2 Å². The largest absolute Gasteiger partial charge is 0.495 e. The number of halogens is 1. The van der Waals surface area contributed by atoms with E-state index in [-0.39, 0.29) is 5.91 Å². The quantitative estimate of drug-likeness (QED) is 0.638. The van der Waals surface area contributed by atoms with Gasteiger partial charge in [0.15, 0.2) is 11.6 Å². The Morgan fingerprint density at radius 2 is 1.57 bits per heavy atom. The van der Waals surface area contributed by atoms with Gasteiger partial charge in [-0.1, -0.05) is 29.3 Å². The zero-order valence-electron chi connectivity index (χ0n) is 15.6. The minimum absolute atomic E-state index is 0.251. The molecule has 0 fully saturated rings. The van der Waals surface area contributed by atoms with Crippen LogP contribution in [0, 0.1) is 6.92 Å². The van der Waals surface area contributed by atoms with E-state index >= 15 is 0 Å². The zero-order chi connectivity index (χ0) is 20.1. The molecule has 8 heteroatoms. The lowest BCUT2D eigenvalue weighted by molar-refractivity contribution is 0.102. The fraction of sp³-hybridized carbons (Fsp3) is 0.150. The average Bonchev–Trinajstić information content (AvgIpc) is 2.70. The van der Waals surface area contributed by atoms with Crippen LogP contribution in [0.5, 0.6) is 11.5 Å². The molecular formula is C20H19ClN4O3. The van der Waals surface area contributed by atoms with Gasteiger partial charge in [0, 0.05) is 17.7 Å². The van der Waals surface area contributed by atoms with Crippen LogP contribution in [0.2, 0.25) is 5.02 Å². The smallest absolute Gasteiger partial charge is 0.256 e. The number of ether oxygens (including phenoxy) is 2. The van der Waals surface area contributed by atoms with Crippen molar-refractivity contribution in [3.63, 3.8) is 0 Å². The number of aryl methyl sites for hydroxylation is 1. The molecule has 144 valence electrons. The van der Waals surface area contributed by atoms with Crippen LogP contribution in [-0.4, -0.2) is 30.3 Å². The number of nitrogens with zero attached hydrogens (tertiary/aromatic N) is 2. The lowest BCUT2D eigenvalue weighted by atomic mass is 10.1. The maximum absolute atomic E-state index is 12.2. The molecule has 0 aliphatic heterocycles. The number of methoxy groups -OCH3 is 2. The van der Waals surface area contributed by atoms with E-state index in [1.54, 1.807) is 43.5 Å².